The van der Waals surface area contributed by atoms with Gasteiger partial charge in [-0.05, 0) is 24.3 Å². The molecule has 0 atom stereocenters. The van der Waals surface area contributed by atoms with Gasteiger partial charge in [-0.1, -0.05) is 6.07 Å². The molecule has 1 saturated heterocycles. The Balaban J connectivity index is 0.00000256. The molecule has 1 fully saturated rings. The summed E-state index contributed by atoms with van der Waals surface area (Å²) in [5, 5.41) is 8.07. The van der Waals surface area contributed by atoms with Gasteiger partial charge in [0.15, 0.2) is 0 Å². The van der Waals surface area contributed by atoms with Crippen molar-refractivity contribution in [2.24, 2.45) is 0 Å². The molecule has 8 nitrogen and oxygen atoms in total. The molecular weight excluding hydrogens is 424 g/mol. The van der Waals surface area contributed by atoms with E-state index in [1.165, 1.54) is 11.3 Å². The van der Waals surface area contributed by atoms with Gasteiger partial charge in [-0.2, -0.15) is 0 Å². The second kappa shape index (κ2) is 10.2. The zero-order chi connectivity index (χ0) is 20.1. The Bertz CT molecular complexity index is 1000. The van der Waals surface area contributed by atoms with Crippen molar-refractivity contribution in [3.63, 3.8) is 0 Å². The normalized spacial score (nSPS) is 14.1. The molecular formula is C20H21ClN6O2S. The second-order valence-electron chi connectivity index (χ2n) is 6.68. The minimum Gasteiger partial charge on any atom is -0.300 e. The van der Waals surface area contributed by atoms with Gasteiger partial charge in [0.25, 0.3) is 0 Å². The zero-order valence-corrected chi connectivity index (χ0v) is 17.7. The number of nitrogens with zero attached hydrogens (tertiary/aromatic N) is 4. The molecule has 0 radical (unpaired) electrons. The van der Waals surface area contributed by atoms with Crippen LogP contribution in [0.2, 0.25) is 0 Å². The highest BCUT2D eigenvalue weighted by Crippen LogP contribution is 2.25. The molecule has 0 aromatic carbocycles. The van der Waals surface area contributed by atoms with Crippen molar-refractivity contribution in [1.82, 2.24) is 19.9 Å². The molecule has 10 heteroatoms. The number of piperidine rings is 1. The van der Waals surface area contributed by atoms with Gasteiger partial charge < -0.3 is 0 Å². The van der Waals surface area contributed by atoms with Crippen LogP contribution in [0.4, 0.5) is 16.4 Å². The highest BCUT2D eigenvalue weighted by molar-refractivity contribution is 7.13. The summed E-state index contributed by atoms with van der Waals surface area (Å²) in [6.07, 6.45) is 4.60. The maximum Gasteiger partial charge on any atom is 0.326 e. The number of Topliss-reactive ketones (excluding diaryl/α,β-unsaturated/α-hetero) is 1. The smallest absolute Gasteiger partial charge is 0.300 e. The van der Waals surface area contributed by atoms with Crippen molar-refractivity contribution in [1.29, 1.82) is 0 Å². The fraction of sp³-hybridized carbons (Fsp3) is 0.250. The Morgan fingerprint density at radius 3 is 2.53 bits per heavy atom. The molecule has 0 spiro atoms. The lowest BCUT2D eigenvalue weighted by atomic mass is 10.1. The van der Waals surface area contributed by atoms with Crippen molar-refractivity contribution in [3.8, 4) is 10.6 Å². The molecule has 3 aromatic heterocycles. The van der Waals surface area contributed by atoms with Crippen molar-refractivity contribution in [2.75, 3.05) is 23.7 Å². The molecule has 1 aliphatic rings. The summed E-state index contributed by atoms with van der Waals surface area (Å²) in [4.78, 5) is 38.8. The number of carbonyl (C=O) groups excluding carboxylic acids is 2. The lowest BCUT2D eigenvalue weighted by Crippen LogP contribution is -2.33. The maximum atomic E-state index is 12.3. The molecule has 156 valence electrons. The number of thiazole rings is 1. The fourth-order valence-electron chi connectivity index (χ4n) is 3.05. The first kappa shape index (κ1) is 21.8. The Labute approximate surface area is 184 Å². The van der Waals surface area contributed by atoms with Gasteiger partial charge in [0.2, 0.25) is 0 Å². The Kier molecular flexibility index (Phi) is 7.45. The van der Waals surface area contributed by atoms with Crippen LogP contribution < -0.4 is 10.6 Å². The standard InChI is InChI=1S/C20H20N6O2S.ClH/c27-16-6-10-26(11-7-16)12-15-2-1-3-17(22-15)24-20(28)25-18-13-29-19(23-18)14-4-8-21-9-5-14;/h1-5,8-9,13H,6-7,10-12H2,(H2,22,24,25,28);1H. The van der Waals surface area contributed by atoms with Crippen LogP contribution in [0, 0.1) is 0 Å². The number of ketones is 1. The number of nitrogens with one attached hydrogen (secondary N) is 2. The summed E-state index contributed by atoms with van der Waals surface area (Å²) in [7, 11) is 0. The summed E-state index contributed by atoms with van der Waals surface area (Å²) >= 11 is 1.45. The topological polar surface area (TPSA) is 100 Å². The molecule has 0 bridgehead atoms. The van der Waals surface area contributed by atoms with Gasteiger partial charge in [-0.15, -0.1) is 23.7 Å². The number of halogens is 1. The van der Waals surface area contributed by atoms with Crippen molar-refractivity contribution in [3.05, 3.63) is 53.8 Å². The molecule has 0 aliphatic carbocycles. The number of pyridine rings is 2. The number of hydrogen-bond acceptors (Lipinski definition) is 7. The predicted octanol–water partition coefficient (Wildman–Crippen LogP) is 3.83. The third-order valence-corrected chi connectivity index (χ3v) is 5.41. The Morgan fingerprint density at radius 1 is 1.03 bits per heavy atom. The molecule has 0 saturated carbocycles. The van der Waals surface area contributed by atoms with Gasteiger partial charge in [-0.25, -0.2) is 14.8 Å². The number of anilines is 2. The third kappa shape index (κ3) is 5.82. The van der Waals surface area contributed by atoms with Crippen molar-refractivity contribution < 1.29 is 9.59 Å². The van der Waals surface area contributed by atoms with Crippen LogP contribution in [0.25, 0.3) is 10.6 Å². The molecule has 0 unspecified atom stereocenters. The SMILES string of the molecule is Cl.O=C1CCN(Cc2cccc(NC(=O)Nc3csc(-c4ccncc4)n3)n2)CC1. The van der Waals surface area contributed by atoms with E-state index < -0.39 is 6.03 Å². The number of likely N-dealkylation sites (tertiary alicyclic amines) is 1. The quantitative estimate of drug-likeness (QED) is 0.620. The van der Waals surface area contributed by atoms with E-state index in [9.17, 15) is 9.59 Å². The summed E-state index contributed by atoms with van der Waals surface area (Å²) in [5.74, 6) is 1.27. The zero-order valence-electron chi connectivity index (χ0n) is 16.1. The first-order chi connectivity index (χ1) is 14.2. The Hall–Kier alpha value is -2.88. The van der Waals surface area contributed by atoms with E-state index in [2.05, 4.69) is 30.5 Å². The second-order valence-corrected chi connectivity index (χ2v) is 7.54. The molecule has 3 aromatic rings. The van der Waals surface area contributed by atoms with E-state index in [0.29, 0.717) is 36.8 Å². The average Bonchev–Trinajstić information content (AvgIpc) is 3.19. The highest BCUT2D eigenvalue weighted by Gasteiger charge is 2.17. The number of rotatable bonds is 5. The maximum absolute atomic E-state index is 12.3. The fourth-order valence-corrected chi connectivity index (χ4v) is 3.81. The lowest BCUT2D eigenvalue weighted by molar-refractivity contribution is -0.121. The van der Waals surface area contributed by atoms with Crippen molar-refractivity contribution >= 4 is 47.2 Å². The summed E-state index contributed by atoms with van der Waals surface area (Å²) < 4.78 is 0. The monoisotopic (exact) mass is 444 g/mol. The number of amides is 2. The lowest BCUT2D eigenvalue weighted by Gasteiger charge is -2.25. The molecule has 4 heterocycles. The highest BCUT2D eigenvalue weighted by atomic mass is 35.5. The van der Waals surface area contributed by atoms with E-state index in [4.69, 9.17) is 0 Å². The van der Waals surface area contributed by atoms with Gasteiger partial charge >= 0.3 is 6.03 Å². The van der Waals surface area contributed by atoms with E-state index in [0.717, 1.165) is 29.4 Å². The Morgan fingerprint density at radius 2 is 1.77 bits per heavy atom. The van der Waals surface area contributed by atoms with E-state index in [-0.39, 0.29) is 12.4 Å². The average molecular weight is 445 g/mol. The minimum atomic E-state index is -0.398. The predicted molar refractivity (Wildman–Crippen MR) is 119 cm³/mol. The minimum absolute atomic E-state index is 0. The van der Waals surface area contributed by atoms with Crippen LogP contribution in [0.5, 0.6) is 0 Å². The third-order valence-electron chi connectivity index (χ3n) is 4.52. The number of hydrogen-bond donors (Lipinski definition) is 2. The van der Waals surface area contributed by atoms with E-state index in [1.807, 2.05) is 24.3 Å². The van der Waals surface area contributed by atoms with Gasteiger partial charge in [0.1, 0.15) is 22.4 Å². The van der Waals surface area contributed by atoms with Crippen LogP contribution >= 0.6 is 23.7 Å². The van der Waals surface area contributed by atoms with Crippen LogP contribution in [0.1, 0.15) is 18.5 Å². The van der Waals surface area contributed by atoms with Crippen molar-refractivity contribution in [2.45, 2.75) is 19.4 Å². The van der Waals surface area contributed by atoms with Crippen LogP contribution in [-0.4, -0.2) is 44.8 Å². The molecule has 4 rings (SSSR count). The molecule has 1 aliphatic heterocycles. The van der Waals surface area contributed by atoms with Gasteiger partial charge in [0, 0.05) is 55.8 Å². The first-order valence-corrected chi connectivity index (χ1v) is 10.2. The van der Waals surface area contributed by atoms with Crippen LogP contribution in [-0.2, 0) is 11.3 Å². The number of aromatic nitrogens is 3. The summed E-state index contributed by atoms with van der Waals surface area (Å²) in [6.45, 7) is 2.16. The summed E-state index contributed by atoms with van der Waals surface area (Å²) in [5.41, 5.74) is 1.80. The van der Waals surface area contributed by atoms with Gasteiger partial charge in [-0.3, -0.25) is 25.3 Å². The number of urea groups is 1. The largest absolute Gasteiger partial charge is 0.326 e. The van der Waals surface area contributed by atoms with E-state index >= 15 is 0 Å². The van der Waals surface area contributed by atoms with E-state index in [1.54, 1.807) is 23.8 Å². The molecule has 30 heavy (non-hydrogen) atoms. The first-order valence-electron chi connectivity index (χ1n) is 9.29. The summed E-state index contributed by atoms with van der Waals surface area (Å²) in [6, 6.07) is 8.86. The van der Waals surface area contributed by atoms with Crippen LogP contribution in [0.15, 0.2) is 48.1 Å². The van der Waals surface area contributed by atoms with Crippen LogP contribution in [0.3, 0.4) is 0 Å². The molecule has 2 amide bonds. The number of carbonyl (C=O) groups is 2. The molecule has 2 N–H and O–H groups in total. The van der Waals surface area contributed by atoms with Gasteiger partial charge in [0.05, 0.1) is 5.69 Å².